The molecule has 1 heterocycles. The van der Waals surface area contributed by atoms with Gasteiger partial charge in [0.05, 0.1) is 27.9 Å². The Morgan fingerprint density at radius 1 is 1.04 bits per heavy atom. The molecule has 1 amide bonds. The van der Waals surface area contributed by atoms with E-state index >= 15 is 0 Å². The predicted octanol–water partition coefficient (Wildman–Crippen LogP) is 2.53. The molecule has 152 valence electrons. The quantitative estimate of drug-likeness (QED) is 0.607. The van der Waals surface area contributed by atoms with Gasteiger partial charge in [-0.1, -0.05) is 0 Å². The average molecular weight is 391 g/mol. The number of ether oxygens (including phenoxy) is 4. The summed E-state index contributed by atoms with van der Waals surface area (Å²) in [5.74, 6) is 1.57. The molecule has 1 aromatic heterocycles. The van der Waals surface area contributed by atoms with Crippen molar-refractivity contribution in [3.05, 3.63) is 41.3 Å². The molecule has 0 unspecified atom stereocenters. The topological polar surface area (TPSA) is 87.4 Å². The van der Waals surface area contributed by atoms with Gasteiger partial charge >= 0.3 is 5.97 Å². The first kappa shape index (κ1) is 21.1. The highest BCUT2D eigenvalue weighted by Gasteiger charge is 2.21. The van der Waals surface area contributed by atoms with E-state index in [1.165, 1.54) is 11.9 Å². The molecule has 0 fully saturated rings. The van der Waals surface area contributed by atoms with Crippen LogP contribution in [0, 0.1) is 0 Å². The zero-order valence-corrected chi connectivity index (χ0v) is 16.7. The lowest BCUT2D eigenvalue weighted by Crippen LogP contribution is -2.32. The highest BCUT2D eigenvalue weighted by atomic mass is 16.5. The van der Waals surface area contributed by atoms with E-state index in [-0.39, 0.29) is 18.9 Å². The van der Waals surface area contributed by atoms with Crippen LogP contribution in [0.5, 0.6) is 17.2 Å². The molecule has 0 aliphatic rings. The van der Waals surface area contributed by atoms with Crippen molar-refractivity contribution in [2.45, 2.75) is 13.3 Å². The van der Waals surface area contributed by atoms with Crippen molar-refractivity contribution in [1.82, 2.24) is 4.90 Å². The molecule has 1 aromatic carbocycles. The summed E-state index contributed by atoms with van der Waals surface area (Å²) in [4.78, 5) is 25.2. The van der Waals surface area contributed by atoms with E-state index in [4.69, 9.17) is 23.4 Å². The highest BCUT2D eigenvalue weighted by Crippen LogP contribution is 2.35. The fraction of sp³-hybridized carbons (Fsp3) is 0.400. The number of carbonyl (C=O) groups excluding carboxylic acids is 2. The molecule has 0 saturated heterocycles. The van der Waals surface area contributed by atoms with Crippen LogP contribution < -0.4 is 14.2 Å². The Morgan fingerprint density at radius 3 is 2.21 bits per heavy atom. The van der Waals surface area contributed by atoms with E-state index in [0.29, 0.717) is 29.4 Å². The Bertz CT molecular complexity index is 803. The van der Waals surface area contributed by atoms with Crippen LogP contribution in [0.4, 0.5) is 0 Å². The second-order valence-corrected chi connectivity index (χ2v) is 5.92. The SMILES string of the molecule is CCOC(=O)CN(C)C(=O)c1ccc(Cc2c(OC)cc(OC)cc2OC)o1. The van der Waals surface area contributed by atoms with Gasteiger partial charge in [0, 0.05) is 31.2 Å². The molecule has 0 N–H and O–H groups in total. The number of carbonyl (C=O) groups is 2. The predicted molar refractivity (Wildman–Crippen MR) is 101 cm³/mol. The molecule has 0 aliphatic carbocycles. The van der Waals surface area contributed by atoms with Gasteiger partial charge in [-0.2, -0.15) is 0 Å². The molecule has 0 spiro atoms. The van der Waals surface area contributed by atoms with E-state index in [9.17, 15) is 9.59 Å². The number of likely N-dealkylation sites (N-methyl/N-ethyl adjacent to an activating group) is 1. The van der Waals surface area contributed by atoms with E-state index in [1.807, 2.05) is 0 Å². The number of hydrogen-bond acceptors (Lipinski definition) is 7. The van der Waals surface area contributed by atoms with Gasteiger partial charge in [0.25, 0.3) is 5.91 Å². The Labute approximate surface area is 163 Å². The van der Waals surface area contributed by atoms with Gasteiger partial charge < -0.3 is 28.3 Å². The van der Waals surface area contributed by atoms with Crippen molar-refractivity contribution < 1.29 is 33.0 Å². The van der Waals surface area contributed by atoms with Crippen LogP contribution in [0.2, 0.25) is 0 Å². The molecule has 0 saturated carbocycles. The minimum absolute atomic E-state index is 0.133. The maximum Gasteiger partial charge on any atom is 0.325 e. The van der Waals surface area contributed by atoms with Crippen LogP contribution in [0.3, 0.4) is 0 Å². The molecule has 0 aliphatic heterocycles. The molecule has 8 nitrogen and oxygen atoms in total. The smallest absolute Gasteiger partial charge is 0.325 e. The van der Waals surface area contributed by atoms with Crippen molar-refractivity contribution in [3.63, 3.8) is 0 Å². The Kier molecular flexibility index (Phi) is 7.31. The van der Waals surface area contributed by atoms with Crippen LogP contribution in [-0.2, 0) is 16.0 Å². The van der Waals surface area contributed by atoms with Crippen molar-refractivity contribution in [3.8, 4) is 17.2 Å². The molecular formula is C20H25NO7. The van der Waals surface area contributed by atoms with Gasteiger partial charge in [-0.05, 0) is 19.1 Å². The number of hydrogen-bond donors (Lipinski definition) is 0. The van der Waals surface area contributed by atoms with Crippen LogP contribution in [-0.4, -0.2) is 58.3 Å². The first-order chi connectivity index (χ1) is 13.4. The molecule has 2 rings (SSSR count). The monoisotopic (exact) mass is 391 g/mol. The first-order valence-electron chi connectivity index (χ1n) is 8.72. The summed E-state index contributed by atoms with van der Waals surface area (Å²) in [5.41, 5.74) is 0.763. The lowest BCUT2D eigenvalue weighted by Gasteiger charge is -2.15. The fourth-order valence-corrected chi connectivity index (χ4v) is 2.67. The Hall–Kier alpha value is -3.16. The Morgan fingerprint density at radius 2 is 1.68 bits per heavy atom. The van der Waals surface area contributed by atoms with Crippen LogP contribution in [0.25, 0.3) is 0 Å². The number of rotatable bonds is 9. The molecule has 8 heteroatoms. The first-order valence-corrected chi connectivity index (χ1v) is 8.72. The van der Waals surface area contributed by atoms with Gasteiger partial charge in [-0.25, -0.2) is 0 Å². The second-order valence-electron chi connectivity index (χ2n) is 5.92. The molecule has 0 atom stereocenters. The van der Waals surface area contributed by atoms with Crippen molar-refractivity contribution in [2.75, 3.05) is 41.5 Å². The van der Waals surface area contributed by atoms with Gasteiger partial charge in [-0.3, -0.25) is 9.59 Å². The fourth-order valence-electron chi connectivity index (χ4n) is 2.67. The summed E-state index contributed by atoms with van der Waals surface area (Å²) in [6.45, 7) is 1.82. The summed E-state index contributed by atoms with van der Waals surface area (Å²) in [6, 6.07) is 6.77. The summed E-state index contributed by atoms with van der Waals surface area (Å²) < 4.78 is 26.6. The third-order valence-electron chi connectivity index (χ3n) is 4.06. The number of furan rings is 1. The maximum absolute atomic E-state index is 12.4. The van der Waals surface area contributed by atoms with Crippen molar-refractivity contribution in [2.24, 2.45) is 0 Å². The van der Waals surface area contributed by atoms with E-state index in [0.717, 1.165) is 5.56 Å². The number of amides is 1. The number of nitrogens with zero attached hydrogens (tertiary/aromatic N) is 1. The molecule has 2 aromatic rings. The zero-order valence-electron chi connectivity index (χ0n) is 16.7. The number of esters is 1. The lowest BCUT2D eigenvalue weighted by atomic mass is 10.1. The van der Waals surface area contributed by atoms with Crippen LogP contribution in [0.15, 0.2) is 28.7 Å². The van der Waals surface area contributed by atoms with Crippen molar-refractivity contribution in [1.29, 1.82) is 0 Å². The van der Waals surface area contributed by atoms with Gasteiger partial charge in [0.1, 0.15) is 29.6 Å². The Balaban J connectivity index is 2.19. The summed E-state index contributed by atoms with van der Waals surface area (Å²) in [7, 11) is 6.18. The van der Waals surface area contributed by atoms with Gasteiger partial charge in [0.15, 0.2) is 5.76 Å². The maximum atomic E-state index is 12.4. The minimum Gasteiger partial charge on any atom is -0.496 e. The number of methoxy groups -OCH3 is 3. The van der Waals surface area contributed by atoms with Gasteiger partial charge in [-0.15, -0.1) is 0 Å². The molecule has 28 heavy (non-hydrogen) atoms. The second kappa shape index (κ2) is 9.68. The van der Waals surface area contributed by atoms with Gasteiger partial charge in [0.2, 0.25) is 0 Å². The summed E-state index contributed by atoms with van der Waals surface area (Å²) in [6.07, 6.45) is 0.352. The average Bonchev–Trinajstić information content (AvgIpc) is 3.15. The third kappa shape index (κ3) is 4.97. The zero-order chi connectivity index (χ0) is 20.7. The largest absolute Gasteiger partial charge is 0.496 e. The standard InChI is InChI=1S/C20H25NO7/c1-6-27-19(22)12-21(2)20(23)16-8-7-13(28-16)9-15-17(25-4)10-14(24-3)11-18(15)26-5/h7-8,10-11H,6,9,12H2,1-5H3. The normalized spacial score (nSPS) is 10.3. The summed E-state index contributed by atoms with van der Waals surface area (Å²) in [5, 5.41) is 0. The third-order valence-corrected chi connectivity index (χ3v) is 4.06. The molecular weight excluding hydrogens is 366 g/mol. The molecule has 0 radical (unpaired) electrons. The van der Waals surface area contributed by atoms with Crippen molar-refractivity contribution >= 4 is 11.9 Å². The highest BCUT2D eigenvalue weighted by molar-refractivity contribution is 5.93. The van der Waals surface area contributed by atoms with Crippen LogP contribution >= 0.6 is 0 Å². The molecule has 0 bridgehead atoms. The number of benzene rings is 1. The van der Waals surface area contributed by atoms with E-state index in [1.54, 1.807) is 52.5 Å². The minimum atomic E-state index is -0.474. The summed E-state index contributed by atoms with van der Waals surface area (Å²) >= 11 is 0. The van der Waals surface area contributed by atoms with E-state index in [2.05, 4.69) is 0 Å². The lowest BCUT2D eigenvalue weighted by molar-refractivity contribution is -0.143. The van der Waals surface area contributed by atoms with Crippen LogP contribution in [0.1, 0.15) is 28.8 Å². The van der Waals surface area contributed by atoms with E-state index < -0.39 is 11.9 Å².